The van der Waals surface area contributed by atoms with E-state index in [0.717, 1.165) is 5.39 Å². The highest BCUT2D eigenvalue weighted by atomic mass is 16.3. The van der Waals surface area contributed by atoms with Crippen molar-refractivity contribution in [3.05, 3.63) is 157 Å². The first-order chi connectivity index (χ1) is 27.6. The van der Waals surface area contributed by atoms with Crippen molar-refractivity contribution in [2.24, 2.45) is 0 Å². The Bertz CT molecular complexity index is 3180. The molecule has 1 unspecified atom stereocenters. The van der Waals surface area contributed by atoms with Crippen molar-refractivity contribution in [1.29, 1.82) is 0 Å². The second-order valence-electron chi connectivity index (χ2n) is 10.4. The smallest absolute Gasteiger partial charge is 0.135 e. The van der Waals surface area contributed by atoms with E-state index in [-0.39, 0.29) is 38.6 Å². The van der Waals surface area contributed by atoms with Crippen LogP contribution < -0.4 is 0 Å². The Morgan fingerprint density at radius 1 is 0.558 bits per heavy atom. The lowest BCUT2D eigenvalue weighted by Crippen LogP contribution is -2.01. The fraction of sp³-hybridized carbons (Fsp3) is 0.0476. The highest BCUT2D eigenvalue weighted by Crippen LogP contribution is 2.48. The van der Waals surface area contributed by atoms with E-state index in [4.69, 9.17) is 18.1 Å². The molecule has 1 aliphatic carbocycles. The molecule has 1 aromatic heterocycles. The van der Waals surface area contributed by atoms with Crippen LogP contribution in [0.2, 0.25) is 0 Å². The molecule has 0 fully saturated rings. The Labute approximate surface area is 271 Å². The van der Waals surface area contributed by atoms with Gasteiger partial charge in [0, 0.05) is 16.7 Å². The molecule has 0 bridgehead atoms. The fourth-order valence-electron chi connectivity index (χ4n) is 6.27. The molecule has 1 nitrogen and oxygen atoms in total. The van der Waals surface area contributed by atoms with Gasteiger partial charge in [-0.3, -0.25) is 0 Å². The normalized spacial score (nSPS) is 19.8. The molecule has 1 atom stereocenters. The zero-order valence-electron chi connectivity index (χ0n) is 37.5. The zero-order chi connectivity index (χ0) is 41.4. The van der Waals surface area contributed by atoms with E-state index in [1.54, 1.807) is 6.07 Å². The maximum absolute atomic E-state index is 9.52. The van der Waals surface area contributed by atoms with Crippen LogP contribution in [0.15, 0.2) is 156 Å². The Balaban J connectivity index is 1.64. The van der Waals surface area contributed by atoms with Gasteiger partial charge in [0.2, 0.25) is 0 Å². The molecule has 43 heavy (non-hydrogen) atoms. The Morgan fingerprint density at radius 2 is 1.21 bits per heavy atom. The summed E-state index contributed by atoms with van der Waals surface area (Å²) in [6, 6.07) is 0.878. The van der Waals surface area contributed by atoms with Crippen molar-refractivity contribution in [2.45, 2.75) is 12.3 Å². The van der Waals surface area contributed by atoms with E-state index in [1.165, 1.54) is 0 Å². The van der Waals surface area contributed by atoms with Gasteiger partial charge >= 0.3 is 0 Å². The van der Waals surface area contributed by atoms with Gasteiger partial charge in [-0.1, -0.05) is 133 Å². The van der Waals surface area contributed by atoms with Gasteiger partial charge in [-0.15, -0.1) is 0 Å². The Hall–Kier alpha value is -5.40. The Kier molecular flexibility index (Phi) is 3.05. The van der Waals surface area contributed by atoms with E-state index in [9.17, 15) is 6.85 Å². The van der Waals surface area contributed by atoms with Gasteiger partial charge in [-0.25, -0.2) is 0 Å². The number of fused-ring (bicyclic) bond motifs is 6. The van der Waals surface area contributed by atoms with Gasteiger partial charge in [0.25, 0.3) is 0 Å². The molecule has 1 heterocycles. The summed E-state index contributed by atoms with van der Waals surface area (Å²) >= 11 is 0. The first-order valence-corrected chi connectivity index (χ1v) is 13.8. The lowest BCUT2D eigenvalue weighted by Gasteiger charge is -2.23. The van der Waals surface area contributed by atoms with Crippen molar-refractivity contribution in [3.8, 4) is 22.3 Å². The number of hydrogen-bond acceptors (Lipinski definition) is 1. The van der Waals surface area contributed by atoms with Gasteiger partial charge in [-0.2, -0.15) is 0 Å². The third kappa shape index (κ3) is 3.72. The molecule has 0 amide bonds. The third-order valence-corrected chi connectivity index (χ3v) is 8.14. The van der Waals surface area contributed by atoms with Crippen LogP contribution in [0.1, 0.15) is 38.5 Å². The number of para-hydroxylation sites is 1. The van der Waals surface area contributed by atoms with Crippen LogP contribution in [0.5, 0.6) is 0 Å². The maximum Gasteiger partial charge on any atom is 0.135 e. The topological polar surface area (TPSA) is 13.1 Å². The summed E-state index contributed by atoms with van der Waals surface area (Å²) in [7, 11) is 0. The quantitative estimate of drug-likeness (QED) is 0.195. The van der Waals surface area contributed by atoms with Gasteiger partial charge in [0.15, 0.2) is 0 Å². The predicted octanol–water partition coefficient (Wildman–Crippen LogP) is 12.0. The highest BCUT2D eigenvalue weighted by Gasteiger charge is 2.23. The van der Waals surface area contributed by atoms with E-state index < -0.39 is 107 Å². The predicted molar refractivity (Wildman–Crippen MR) is 183 cm³/mol. The largest absolute Gasteiger partial charge is 0.456 e. The van der Waals surface area contributed by atoms with E-state index in [1.807, 2.05) is 54.6 Å². The molecule has 0 saturated heterocycles. The molecule has 0 aliphatic heterocycles. The summed E-state index contributed by atoms with van der Waals surface area (Å²) < 4.78 is 142. The van der Waals surface area contributed by atoms with Gasteiger partial charge in [0.05, 0.1) is 20.6 Å². The van der Waals surface area contributed by atoms with Crippen molar-refractivity contribution in [1.82, 2.24) is 0 Å². The average Bonchev–Trinajstić information content (AvgIpc) is 3.60. The third-order valence-electron chi connectivity index (χ3n) is 8.14. The molecule has 0 saturated carbocycles. The number of hydrogen-bond donors (Lipinski definition) is 0. The molecule has 7 aromatic carbocycles. The summed E-state index contributed by atoms with van der Waals surface area (Å²) in [4.78, 5) is 0. The minimum Gasteiger partial charge on any atom is -0.456 e. The second-order valence-corrected chi connectivity index (χ2v) is 10.4. The summed E-state index contributed by atoms with van der Waals surface area (Å²) in [6.07, 6.45) is 8.21. The summed E-state index contributed by atoms with van der Waals surface area (Å²) in [5.41, 5.74) is 1.40. The first-order valence-electron chi connectivity index (χ1n) is 21.3. The molecule has 1 heteroatoms. The monoisotopic (exact) mass is 563 g/mol. The van der Waals surface area contributed by atoms with Crippen LogP contribution in [0.25, 0.3) is 76.5 Å². The highest BCUT2D eigenvalue weighted by molar-refractivity contribution is 6.24. The average molecular weight is 564 g/mol. The second kappa shape index (κ2) is 9.58. The fourth-order valence-corrected chi connectivity index (χ4v) is 6.27. The minimum absolute atomic E-state index is 0.0545. The van der Waals surface area contributed by atoms with Crippen LogP contribution in [-0.2, 0) is 0 Å². The first kappa shape index (κ1) is 13.7. The lowest BCUT2D eigenvalue weighted by molar-refractivity contribution is 0.667. The summed E-state index contributed by atoms with van der Waals surface area (Å²) in [5.74, 6) is -0.316. The van der Waals surface area contributed by atoms with Gasteiger partial charge in [0.1, 0.15) is 11.2 Å². The van der Waals surface area contributed by atoms with Crippen LogP contribution >= 0.6 is 0 Å². The van der Waals surface area contributed by atoms with Crippen LogP contribution in [-0.4, -0.2) is 0 Å². The molecule has 8 aromatic rings. The van der Waals surface area contributed by atoms with E-state index >= 15 is 0 Å². The van der Waals surface area contributed by atoms with E-state index in [2.05, 4.69) is 0 Å². The number of furan rings is 1. The SMILES string of the molecule is [2H]c1c([2H])c([2H])c2c(-c3c4c([2H])c([2H])c([2H])c([2H])c4c(-c4cc5c(cc4C4C=CC=CC4)oc4ccccc45)c4c([2H])c([2H])c([2H])c([2H])c34)c([2H])c([2H])c([2H])c2c1[2H]. The number of rotatable bonds is 3. The molecule has 0 N–H and O–H groups in total. The van der Waals surface area contributed by atoms with Crippen molar-refractivity contribution >= 4 is 54.3 Å². The standard InChI is InChI=1S/C42H28O/c1-2-13-28(14-3-1)36-26-40-37(30-18-10-11-24-39(30)43-40)25-38(36)42-34-21-8-6-19-32(34)41(33-20-7-9-22-35(33)42)31-23-12-16-27-15-4-5-17-29(27)31/h1-13,15-26,28H,14H2/i4D,5D,6D,7D,8D,9D,12D,15D,16D,17D,19D,20D,21D,22D,23D. The molecule has 202 valence electrons. The lowest BCUT2D eigenvalue weighted by atomic mass is 9.80. The zero-order valence-corrected chi connectivity index (χ0v) is 22.5. The molecule has 0 radical (unpaired) electrons. The molecular formula is C42H28O. The summed E-state index contributed by atoms with van der Waals surface area (Å²) in [6.45, 7) is 0. The Morgan fingerprint density at radius 3 is 1.93 bits per heavy atom. The number of benzene rings is 7. The van der Waals surface area contributed by atoms with Gasteiger partial charge in [-0.05, 0) is 84.8 Å². The van der Waals surface area contributed by atoms with Crippen molar-refractivity contribution < 1.29 is 25.0 Å². The van der Waals surface area contributed by atoms with Gasteiger partial charge < -0.3 is 4.42 Å². The molecular weight excluding hydrogens is 520 g/mol. The molecule has 1 aliphatic rings. The van der Waals surface area contributed by atoms with Crippen LogP contribution in [0.3, 0.4) is 0 Å². The molecule has 0 spiro atoms. The summed E-state index contributed by atoms with van der Waals surface area (Å²) in [5, 5.41) is -0.383. The van der Waals surface area contributed by atoms with Crippen LogP contribution in [0.4, 0.5) is 0 Å². The van der Waals surface area contributed by atoms with Crippen molar-refractivity contribution in [2.75, 3.05) is 0 Å². The minimum atomic E-state index is -0.753. The molecule has 9 rings (SSSR count). The van der Waals surface area contributed by atoms with E-state index in [0.29, 0.717) is 34.1 Å². The maximum atomic E-state index is 9.52. The van der Waals surface area contributed by atoms with Crippen LogP contribution in [0, 0.1) is 0 Å². The number of allylic oxidation sites excluding steroid dienone is 4. The van der Waals surface area contributed by atoms with Crippen molar-refractivity contribution in [3.63, 3.8) is 0 Å².